The average Bonchev–Trinajstić information content (AvgIpc) is 3.19. The number of pyridine rings is 1. The van der Waals surface area contributed by atoms with E-state index in [0.717, 1.165) is 30.7 Å². The second kappa shape index (κ2) is 9.45. The van der Waals surface area contributed by atoms with Gasteiger partial charge in [-0.2, -0.15) is 0 Å². The maximum Gasteiger partial charge on any atom is 0.268 e. The van der Waals surface area contributed by atoms with Crippen molar-refractivity contribution in [2.45, 2.75) is 58.3 Å². The Morgan fingerprint density at radius 1 is 1.09 bits per heavy atom. The highest BCUT2D eigenvalue weighted by molar-refractivity contribution is 5.93. The lowest BCUT2D eigenvalue weighted by Crippen LogP contribution is -2.51. The van der Waals surface area contributed by atoms with Gasteiger partial charge in [0.05, 0.1) is 18.7 Å². The summed E-state index contributed by atoms with van der Waals surface area (Å²) in [5, 5.41) is 6.12. The molecule has 4 aliphatic carbocycles. The van der Waals surface area contributed by atoms with Crippen LogP contribution in [0.1, 0.15) is 68.1 Å². The summed E-state index contributed by atoms with van der Waals surface area (Å²) in [5.74, 6) is 2.47. The third kappa shape index (κ3) is 4.93. The van der Waals surface area contributed by atoms with Crippen LogP contribution in [-0.4, -0.2) is 47.5 Å². The Morgan fingerprint density at radius 3 is 2.52 bits per heavy atom. The summed E-state index contributed by atoms with van der Waals surface area (Å²) in [7, 11) is 0. The number of hydrogen-bond acceptors (Lipinski definition) is 4. The van der Waals surface area contributed by atoms with Gasteiger partial charge < -0.3 is 15.4 Å². The molecule has 0 aliphatic heterocycles. The molecule has 2 heterocycles. The number of nitrogens with one attached hydrogen (secondary N) is 2. The van der Waals surface area contributed by atoms with E-state index in [0.29, 0.717) is 42.2 Å². The maximum absolute atomic E-state index is 13.2. The Kier molecular flexibility index (Phi) is 6.41. The van der Waals surface area contributed by atoms with Crippen molar-refractivity contribution < 1.29 is 14.3 Å². The van der Waals surface area contributed by atoms with Crippen LogP contribution in [0.3, 0.4) is 0 Å². The van der Waals surface area contributed by atoms with Crippen LogP contribution in [0, 0.1) is 23.2 Å². The van der Waals surface area contributed by atoms with E-state index in [-0.39, 0.29) is 18.2 Å². The molecule has 0 saturated heterocycles. The van der Waals surface area contributed by atoms with Crippen LogP contribution in [0.25, 0.3) is 5.65 Å². The predicted molar refractivity (Wildman–Crippen MR) is 126 cm³/mol. The largest absolute Gasteiger partial charge is 0.380 e. The molecule has 6 rings (SSSR count). The molecule has 0 atom stereocenters. The van der Waals surface area contributed by atoms with E-state index in [2.05, 4.69) is 22.5 Å². The average molecular weight is 453 g/mol. The van der Waals surface area contributed by atoms with Crippen LogP contribution < -0.4 is 10.6 Å². The fourth-order valence-electron chi connectivity index (χ4n) is 6.93. The summed E-state index contributed by atoms with van der Waals surface area (Å²) in [4.78, 5) is 30.0. The highest BCUT2D eigenvalue weighted by Gasteiger charge is 2.50. The standard InChI is InChI=1S/C26H36N4O3/c1-2-7-33-8-6-27-24(31)12-21-16-30-22(4-3-5-23(30)29-21)25(32)28-17-26-13-18-9-19(14-26)11-20(10-18)15-26/h3-5,16,18-20H,2,6-15,17H2,1H3,(H,27,31)(H,28,32). The molecule has 4 bridgehead atoms. The topological polar surface area (TPSA) is 84.7 Å². The fraction of sp³-hybridized carbons (Fsp3) is 0.654. The molecule has 7 heteroatoms. The minimum absolute atomic E-state index is 0.0576. The molecule has 4 aliphatic rings. The summed E-state index contributed by atoms with van der Waals surface area (Å²) in [6, 6.07) is 5.56. The first kappa shape index (κ1) is 22.4. The van der Waals surface area contributed by atoms with Crippen LogP contribution >= 0.6 is 0 Å². The van der Waals surface area contributed by atoms with E-state index in [1.165, 1.54) is 38.5 Å². The van der Waals surface area contributed by atoms with E-state index < -0.39 is 0 Å². The molecule has 178 valence electrons. The minimum Gasteiger partial charge on any atom is -0.380 e. The first-order chi connectivity index (χ1) is 16.0. The summed E-state index contributed by atoms with van der Waals surface area (Å²) < 4.78 is 7.20. The number of ether oxygens (including phenoxy) is 1. The monoisotopic (exact) mass is 452 g/mol. The number of aromatic nitrogens is 2. The normalized spacial score (nSPS) is 27.7. The zero-order valence-corrected chi connectivity index (χ0v) is 19.6. The molecule has 2 aromatic rings. The molecule has 33 heavy (non-hydrogen) atoms. The molecule has 0 aromatic carbocycles. The summed E-state index contributed by atoms with van der Waals surface area (Å²) >= 11 is 0. The first-order valence-corrected chi connectivity index (χ1v) is 12.6. The van der Waals surface area contributed by atoms with Gasteiger partial charge in [-0.15, -0.1) is 0 Å². The van der Waals surface area contributed by atoms with Crippen LogP contribution in [0.5, 0.6) is 0 Å². The van der Waals surface area contributed by atoms with Crippen molar-refractivity contribution >= 4 is 17.5 Å². The summed E-state index contributed by atoms with van der Waals surface area (Å²) in [6.07, 6.45) is 11.0. The zero-order valence-electron chi connectivity index (χ0n) is 19.6. The number of amides is 2. The van der Waals surface area contributed by atoms with Crippen molar-refractivity contribution in [2.24, 2.45) is 23.2 Å². The van der Waals surface area contributed by atoms with Crippen molar-refractivity contribution in [1.82, 2.24) is 20.0 Å². The third-order valence-electron chi connectivity index (χ3n) is 7.82. The molecule has 7 nitrogen and oxygen atoms in total. The van der Waals surface area contributed by atoms with Gasteiger partial charge in [-0.25, -0.2) is 4.98 Å². The number of carbonyl (C=O) groups excluding carboxylic acids is 2. The van der Waals surface area contributed by atoms with Gasteiger partial charge in [0.2, 0.25) is 5.91 Å². The molecule has 2 aromatic heterocycles. The van der Waals surface area contributed by atoms with Crippen molar-refractivity contribution in [3.63, 3.8) is 0 Å². The van der Waals surface area contributed by atoms with Gasteiger partial charge in [0.15, 0.2) is 0 Å². The quantitative estimate of drug-likeness (QED) is 0.542. The molecule has 0 unspecified atom stereocenters. The van der Waals surface area contributed by atoms with Crippen LogP contribution in [0.2, 0.25) is 0 Å². The van der Waals surface area contributed by atoms with Crippen molar-refractivity contribution in [3.05, 3.63) is 35.8 Å². The number of imidazole rings is 1. The van der Waals surface area contributed by atoms with Crippen molar-refractivity contribution in [3.8, 4) is 0 Å². The molecule has 0 radical (unpaired) electrons. The van der Waals surface area contributed by atoms with Gasteiger partial charge in [0.1, 0.15) is 11.3 Å². The van der Waals surface area contributed by atoms with Crippen molar-refractivity contribution in [2.75, 3.05) is 26.3 Å². The number of rotatable bonds is 10. The van der Waals surface area contributed by atoms with Gasteiger partial charge in [-0.1, -0.05) is 13.0 Å². The molecular formula is C26H36N4O3. The number of hydrogen-bond donors (Lipinski definition) is 2. The van der Waals surface area contributed by atoms with Crippen LogP contribution in [-0.2, 0) is 16.0 Å². The molecule has 2 amide bonds. The van der Waals surface area contributed by atoms with E-state index in [1.54, 1.807) is 0 Å². The maximum atomic E-state index is 13.2. The lowest BCUT2D eigenvalue weighted by atomic mass is 9.49. The van der Waals surface area contributed by atoms with Gasteiger partial charge in [-0.3, -0.25) is 14.0 Å². The minimum atomic E-state index is -0.0914. The highest BCUT2D eigenvalue weighted by atomic mass is 16.5. The molecule has 4 fully saturated rings. The lowest BCUT2D eigenvalue weighted by molar-refractivity contribution is -0.120. The Balaban J connectivity index is 1.20. The molecule has 0 spiro atoms. The SMILES string of the molecule is CCCOCCNC(=O)Cc1cn2c(C(=O)NCC34CC5CC(CC(C5)C3)C4)cccc2n1. The smallest absolute Gasteiger partial charge is 0.268 e. The Labute approximate surface area is 195 Å². The second-order valence-electron chi connectivity index (χ2n) is 10.6. The second-order valence-corrected chi connectivity index (χ2v) is 10.6. The lowest BCUT2D eigenvalue weighted by Gasteiger charge is -2.56. The molecule has 4 saturated carbocycles. The van der Waals surface area contributed by atoms with Gasteiger partial charge in [-0.05, 0) is 80.2 Å². The van der Waals surface area contributed by atoms with E-state index in [1.807, 2.05) is 28.8 Å². The summed E-state index contributed by atoms with van der Waals surface area (Å²) in [5.41, 5.74) is 2.22. The third-order valence-corrected chi connectivity index (χ3v) is 7.82. The first-order valence-electron chi connectivity index (χ1n) is 12.6. The van der Waals surface area contributed by atoms with Gasteiger partial charge >= 0.3 is 0 Å². The van der Waals surface area contributed by atoms with E-state index >= 15 is 0 Å². The number of nitrogens with zero attached hydrogens (tertiary/aromatic N) is 2. The van der Waals surface area contributed by atoms with Crippen LogP contribution in [0.15, 0.2) is 24.4 Å². The fourth-order valence-corrected chi connectivity index (χ4v) is 6.93. The molecule has 2 N–H and O–H groups in total. The number of carbonyl (C=O) groups is 2. The van der Waals surface area contributed by atoms with Crippen LogP contribution in [0.4, 0.5) is 0 Å². The van der Waals surface area contributed by atoms with Crippen molar-refractivity contribution in [1.29, 1.82) is 0 Å². The summed E-state index contributed by atoms with van der Waals surface area (Å²) in [6.45, 7) is 4.54. The Hall–Kier alpha value is -2.41. The van der Waals surface area contributed by atoms with Gasteiger partial charge in [0, 0.05) is 25.9 Å². The highest BCUT2D eigenvalue weighted by Crippen LogP contribution is 2.59. The number of fused-ring (bicyclic) bond motifs is 1. The van der Waals surface area contributed by atoms with Gasteiger partial charge in [0.25, 0.3) is 5.91 Å². The Morgan fingerprint density at radius 2 is 1.82 bits per heavy atom. The predicted octanol–water partition coefficient (Wildman–Crippen LogP) is 3.37. The Bertz CT molecular complexity index is 979. The zero-order chi connectivity index (χ0) is 22.8. The van der Waals surface area contributed by atoms with E-state index in [9.17, 15) is 9.59 Å². The van der Waals surface area contributed by atoms with E-state index in [4.69, 9.17) is 4.74 Å². The molecular weight excluding hydrogens is 416 g/mol.